The van der Waals surface area contributed by atoms with E-state index >= 15 is 0 Å². The maximum Gasteiger partial charge on any atom is 0.224 e. The van der Waals surface area contributed by atoms with Crippen LogP contribution in [0.4, 0.5) is 11.4 Å². The van der Waals surface area contributed by atoms with Crippen LogP contribution in [0.1, 0.15) is 31.7 Å². The van der Waals surface area contributed by atoms with Crippen molar-refractivity contribution < 1.29 is 14.6 Å². The van der Waals surface area contributed by atoms with Gasteiger partial charge < -0.3 is 15.2 Å². The SMILES string of the molecule is CCCCC(=O)Nc1ccc(N=Cc2cc(Cl)ccc2O)cc1OC. The van der Waals surface area contributed by atoms with Gasteiger partial charge in [0.25, 0.3) is 0 Å². The van der Waals surface area contributed by atoms with Crippen molar-refractivity contribution in [3.8, 4) is 11.5 Å². The molecule has 0 atom stereocenters. The third kappa shape index (κ3) is 5.50. The average Bonchev–Trinajstić information content (AvgIpc) is 2.61. The Morgan fingerprint density at radius 1 is 1.32 bits per heavy atom. The monoisotopic (exact) mass is 360 g/mol. The number of carbonyl (C=O) groups excluding carboxylic acids is 1. The number of unbranched alkanes of at least 4 members (excludes halogenated alkanes) is 1. The highest BCUT2D eigenvalue weighted by atomic mass is 35.5. The van der Waals surface area contributed by atoms with Gasteiger partial charge in [0.1, 0.15) is 11.5 Å². The zero-order valence-electron chi connectivity index (χ0n) is 14.3. The van der Waals surface area contributed by atoms with Crippen LogP contribution in [0.5, 0.6) is 11.5 Å². The molecule has 2 rings (SSSR count). The lowest BCUT2D eigenvalue weighted by Gasteiger charge is -2.10. The van der Waals surface area contributed by atoms with E-state index in [2.05, 4.69) is 10.3 Å². The summed E-state index contributed by atoms with van der Waals surface area (Å²) in [5, 5.41) is 13.2. The van der Waals surface area contributed by atoms with Crippen molar-refractivity contribution in [1.82, 2.24) is 0 Å². The first-order chi connectivity index (χ1) is 12.0. The summed E-state index contributed by atoms with van der Waals surface area (Å²) in [6.45, 7) is 2.04. The van der Waals surface area contributed by atoms with Gasteiger partial charge >= 0.3 is 0 Å². The number of nitrogens with one attached hydrogen (secondary N) is 1. The fourth-order valence-electron chi connectivity index (χ4n) is 2.19. The Morgan fingerprint density at radius 2 is 2.12 bits per heavy atom. The molecule has 0 saturated carbocycles. The molecular formula is C19H21ClN2O3. The summed E-state index contributed by atoms with van der Waals surface area (Å²) in [6, 6.07) is 9.96. The molecule has 2 aromatic rings. The van der Waals surface area contributed by atoms with E-state index in [1.807, 2.05) is 6.92 Å². The highest BCUT2D eigenvalue weighted by Crippen LogP contribution is 2.30. The fourth-order valence-corrected chi connectivity index (χ4v) is 2.37. The van der Waals surface area contributed by atoms with Gasteiger partial charge in [0.2, 0.25) is 5.91 Å². The van der Waals surface area contributed by atoms with Gasteiger partial charge in [-0.15, -0.1) is 0 Å². The highest BCUT2D eigenvalue weighted by Gasteiger charge is 2.08. The van der Waals surface area contributed by atoms with Crippen molar-refractivity contribution in [3.05, 3.63) is 47.0 Å². The summed E-state index contributed by atoms with van der Waals surface area (Å²) in [5.74, 6) is 0.579. The summed E-state index contributed by atoms with van der Waals surface area (Å²) < 4.78 is 5.33. The maximum atomic E-state index is 11.9. The second kappa shape index (κ2) is 9.08. The minimum Gasteiger partial charge on any atom is -0.507 e. The molecule has 0 aliphatic rings. The van der Waals surface area contributed by atoms with Crippen LogP contribution in [0.25, 0.3) is 0 Å². The Bertz CT molecular complexity index is 775. The number of aromatic hydroxyl groups is 1. The van der Waals surface area contributed by atoms with Gasteiger partial charge in [0.05, 0.1) is 18.5 Å². The largest absolute Gasteiger partial charge is 0.507 e. The zero-order chi connectivity index (χ0) is 18.2. The molecule has 2 aromatic carbocycles. The number of halogens is 1. The first-order valence-electron chi connectivity index (χ1n) is 8.04. The van der Waals surface area contributed by atoms with Gasteiger partial charge in [-0.1, -0.05) is 24.9 Å². The Labute approximate surface area is 152 Å². The number of anilines is 1. The van der Waals surface area contributed by atoms with Crippen LogP contribution in [0, 0.1) is 0 Å². The van der Waals surface area contributed by atoms with Crippen molar-refractivity contribution in [2.24, 2.45) is 4.99 Å². The lowest BCUT2D eigenvalue weighted by molar-refractivity contribution is -0.116. The molecule has 5 nitrogen and oxygen atoms in total. The third-order valence-electron chi connectivity index (χ3n) is 3.56. The van der Waals surface area contributed by atoms with Crippen molar-refractivity contribution >= 4 is 35.1 Å². The molecule has 6 heteroatoms. The van der Waals surface area contributed by atoms with Crippen molar-refractivity contribution in [2.75, 3.05) is 12.4 Å². The van der Waals surface area contributed by atoms with Crippen LogP contribution in [-0.2, 0) is 4.79 Å². The molecule has 0 fully saturated rings. The van der Waals surface area contributed by atoms with E-state index < -0.39 is 0 Å². The van der Waals surface area contributed by atoms with Gasteiger partial charge in [-0.2, -0.15) is 0 Å². The number of hydrogen-bond acceptors (Lipinski definition) is 4. The summed E-state index contributed by atoms with van der Waals surface area (Å²) in [6.07, 6.45) is 3.82. The minimum atomic E-state index is -0.0414. The van der Waals surface area contributed by atoms with Crippen LogP contribution in [0.3, 0.4) is 0 Å². The molecular weight excluding hydrogens is 340 g/mol. The molecule has 0 heterocycles. The Kier molecular flexibility index (Phi) is 6.83. The Hall–Kier alpha value is -2.53. The molecule has 0 bridgehead atoms. The van der Waals surface area contributed by atoms with Crippen LogP contribution < -0.4 is 10.1 Å². The smallest absolute Gasteiger partial charge is 0.224 e. The van der Waals surface area contributed by atoms with Gasteiger partial charge in [-0.25, -0.2) is 0 Å². The van der Waals surface area contributed by atoms with E-state index in [4.69, 9.17) is 16.3 Å². The number of ether oxygens (including phenoxy) is 1. The Balaban J connectivity index is 2.16. The molecule has 0 unspecified atom stereocenters. The summed E-state index contributed by atoms with van der Waals surface area (Å²) in [7, 11) is 1.54. The second-order valence-corrected chi connectivity index (χ2v) is 5.93. The van der Waals surface area contributed by atoms with E-state index in [0.29, 0.717) is 34.1 Å². The topological polar surface area (TPSA) is 70.9 Å². The van der Waals surface area contributed by atoms with Crippen LogP contribution >= 0.6 is 11.6 Å². The quantitative estimate of drug-likeness (QED) is 0.687. The van der Waals surface area contributed by atoms with Gasteiger partial charge in [-0.05, 0) is 36.8 Å². The van der Waals surface area contributed by atoms with Crippen LogP contribution in [0.2, 0.25) is 5.02 Å². The molecule has 0 aromatic heterocycles. The molecule has 0 aliphatic carbocycles. The number of amides is 1. The predicted octanol–water partition coefficient (Wildman–Crippen LogP) is 4.93. The first-order valence-corrected chi connectivity index (χ1v) is 8.41. The van der Waals surface area contributed by atoms with Crippen LogP contribution in [-0.4, -0.2) is 24.3 Å². The van der Waals surface area contributed by atoms with Crippen molar-refractivity contribution in [2.45, 2.75) is 26.2 Å². The summed E-state index contributed by atoms with van der Waals surface area (Å²) in [4.78, 5) is 16.2. The number of phenols is 1. The summed E-state index contributed by atoms with van der Waals surface area (Å²) in [5.41, 5.74) is 1.75. The van der Waals surface area contributed by atoms with E-state index in [1.54, 1.807) is 30.3 Å². The molecule has 0 aliphatic heterocycles. The number of rotatable bonds is 7. The molecule has 2 N–H and O–H groups in total. The number of phenolic OH excluding ortho intramolecular Hbond substituents is 1. The molecule has 0 saturated heterocycles. The van der Waals surface area contributed by atoms with Gasteiger partial charge in [0.15, 0.2) is 0 Å². The number of hydrogen-bond donors (Lipinski definition) is 2. The lowest BCUT2D eigenvalue weighted by Crippen LogP contribution is -2.11. The number of carbonyl (C=O) groups is 1. The van der Waals surface area contributed by atoms with Crippen LogP contribution in [0.15, 0.2) is 41.4 Å². The first kappa shape index (κ1) is 18.8. The normalized spacial score (nSPS) is 10.8. The number of aliphatic imine (C=N–C) groups is 1. The number of benzene rings is 2. The second-order valence-electron chi connectivity index (χ2n) is 5.50. The minimum absolute atomic E-state index is 0.0414. The van der Waals surface area contributed by atoms with E-state index in [-0.39, 0.29) is 11.7 Å². The fraction of sp³-hybridized carbons (Fsp3) is 0.263. The third-order valence-corrected chi connectivity index (χ3v) is 3.79. The Morgan fingerprint density at radius 3 is 2.84 bits per heavy atom. The maximum absolute atomic E-state index is 11.9. The molecule has 132 valence electrons. The van der Waals surface area contributed by atoms with E-state index in [9.17, 15) is 9.90 Å². The number of methoxy groups -OCH3 is 1. The average molecular weight is 361 g/mol. The summed E-state index contributed by atoms with van der Waals surface area (Å²) >= 11 is 5.92. The van der Waals surface area contributed by atoms with Gasteiger partial charge in [0, 0.05) is 29.3 Å². The van der Waals surface area contributed by atoms with Crippen molar-refractivity contribution in [3.63, 3.8) is 0 Å². The highest BCUT2D eigenvalue weighted by molar-refractivity contribution is 6.30. The standard InChI is InChI=1S/C19H21ClN2O3/c1-3-4-5-19(24)22-16-8-7-15(11-18(16)25-2)21-12-13-10-14(20)6-9-17(13)23/h6-12,23H,3-5H2,1-2H3,(H,22,24). The lowest BCUT2D eigenvalue weighted by atomic mass is 10.2. The predicted molar refractivity (Wildman–Crippen MR) is 102 cm³/mol. The van der Waals surface area contributed by atoms with E-state index in [0.717, 1.165) is 12.8 Å². The molecule has 25 heavy (non-hydrogen) atoms. The van der Waals surface area contributed by atoms with Crippen molar-refractivity contribution in [1.29, 1.82) is 0 Å². The number of nitrogens with zero attached hydrogens (tertiary/aromatic N) is 1. The van der Waals surface area contributed by atoms with Gasteiger partial charge in [-0.3, -0.25) is 9.79 Å². The van der Waals surface area contributed by atoms with E-state index in [1.165, 1.54) is 19.4 Å². The molecule has 0 spiro atoms. The molecule has 1 amide bonds. The molecule has 0 radical (unpaired) electrons. The zero-order valence-corrected chi connectivity index (χ0v) is 15.0.